The van der Waals surface area contributed by atoms with Crippen LogP contribution in [0.4, 0.5) is 5.82 Å². The molecule has 0 unspecified atom stereocenters. The van der Waals surface area contributed by atoms with Crippen molar-refractivity contribution in [1.29, 1.82) is 0 Å². The summed E-state index contributed by atoms with van der Waals surface area (Å²) in [6.07, 6.45) is 1.46. The van der Waals surface area contributed by atoms with E-state index in [0.29, 0.717) is 11.4 Å². The summed E-state index contributed by atoms with van der Waals surface area (Å²) in [5, 5.41) is 16.6. The van der Waals surface area contributed by atoms with Crippen molar-refractivity contribution in [2.24, 2.45) is 12.8 Å². The fourth-order valence-electron chi connectivity index (χ4n) is 1.81. The first-order valence-electron chi connectivity index (χ1n) is 5.94. The minimum absolute atomic E-state index is 0.0736. The first-order chi connectivity index (χ1) is 9.95. The van der Waals surface area contributed by atoms with Gasteiger partial charge in [0.15, 0.2) is 11.5 Å². The summed E-state index contributed by atoms with van der Waals surface area (Å²) in [7, 11) is 3.05. The van der Waals surface area contributed by atoms with Gasteiger partial charge in [-0.25, -0.2) is 0 Å². The van der Waals surface area contributed by atoms with Crippen LogP contribution in [-0.2, 0) is 7.05 Å². The van der Waals surface area contributed by atoms with Gasteiger partial charge >= 0.3 is 0 Å². The zero-order chi connectivity index (χ0) is 15.6. The molecular weight excluding hydrogens is 292 g/mol. The van der Waals surface area contributed by atoms with E-state index in [4.69, 9.17) is 22.7 Å². The third-order valence-electron chi connectivity index (χ3n) is 2.90. The van der Waals surface area contributed by atoms with Crippen LogP contribution in [-0.4, -0.2) is 32.9 Å². The normalized spacial score (nSPS) is 10.2. The second kappa shape index (κ2) is 5.80. The van der Waals surface area contributed by atoms with Gasteiger partial charge in [-0.05, 0) is 12.1 Å². The third kappa shape index (κ3) is 2.79. The summed E-state index contributed by atoms with van der Waals surface area (Å²) in [5.74, 6) is -0.194. The summed E-state index contributed by atoms with van der Waals surface area (Å²) in [5.41, 5.74) is 6.10. The Balaban J connectivity index is 2.35. The predicted octanol–water partition coefficient (Wildman–Crippen LogP) is 1.02. The molecular formula is C13H14N4O3S. The fraction of sp³-hybridized carbons (Fsp3) is 0.154. The molecule has 0 spiro atoms. The van der Waals surface area contributed by atoms with Crippen LogP contribution in [0, 0.1) is 0 Å². The van der Waals surface area contributed by atoms with Gasteiger partial charge in [0.1, 0.15) is 10.8 Å². The second-order valence-corrected chi connectivity index (χ2v) is 4.65. The summed E-state index contributed by atoms with van der Waals surface area (Å²) >= 11 is 4.90. The highest BCUT2D eigenvalue weighted by Gasteiger charge is 2.18. The molecule has 0 radical (unpaired) electrons. The first-order valence-corrected chi connectivity index (χ1v) is 6.35. The number of carbonyl (C=O) groups excluding carboxylic acids is 1. The van der Waals surface area contributed by atoms with E-state index < -0.39 is 5.91 Å². The van der Waals surface area contributed by atoms with E-state index in [1.165, 1.54) is 24.1 Å². The topological polar surface area (TPSA) is 102 Å². The quantitative estimate of drug-likeness (QED) is 0.729. The molecule has 1 aromatic carbocycles. The number of rotatable bonds is 4. The Hall–Kier alpha value is -2.61. The third-order valence-corrected chi connectivity index (χ3v) is 3.12. The van der Waals surface area contributed by atoms with E-state index in [2.05, 4.69) is 10.4 Å². The number of nitrogens with zero attached hydrogens (tertiary/aromatic N) is 2. The van der Waals surface area contributed by atoms with E-state index in [1.54, 1.807) is 19.2 Å². The van der Waals surface area contributed by atoms with E-state index in [-0.39, 0.29) is 22.1 Å². The number of hydrogen-bond donors (Lipinski definition) is 3. The van der Waals surface area contributed by atoms with Gasteiger partial charge in [0.2, 0.25) is 0 Å². The molecule has 1 amide bonds. The van der Waals surface area contributed by atoms with Crippen molar-refractivity contribution >= 4 is 28.9 Å². The van der Waals surface area contributed by atoms with Gasteiger partial charge in [-0.1, -0.05) is 18.3 Å². The lowest BCUT2D eigenvalue weighted by atomic mass is 10.1. The number of aryl methyl sites for hydroxylation is 1. The first kappa shape index (κ1) is 14.8. The number of phenolic OH excluding ortho intramolecular Hbond substituents is 1. The Morgan fingerprint density at radius 1 is 1.48 bits per heavy atom. The van der Waals surface area contributed by atoms with Gasteiger partial charge in [-0.3, -0.25) is 9.48 Å². The molecule has 0 aliphatic rings. The van der Waals surface area contributed by atoms with Crippen molar-refractivity contribution in [3.05, 3.63) is 35.5 Å². The van der Waals surface area contributed by atoms with Crippen LogP contribution in [0.15, 0.2) is 24.4 Å². The fourth-order valence-corrected chi connectivity index (χ4v) is 1.96. The van der Waals surface area contributed by atoms with E-state index >= 15 is 0 Å². The highest BCUT2D eigenvalue weighted by molar-refractivity contribution is 7.80. The van der Waals surface area contributed by atoms with Crippen LogP contribution in [0.25, 0.3) is 0 Å². The number of thiocarbonyl (C=S) groups is 1. The minimum atomic E-state index is -0.521. The molecule has 0 atom stereocenters. The lowest BCUT2D eigenvalue weighted by Crippen LogP contribution is -2.19. The Morgan fingerprint density at radius 2 is 2.19 bits per heavy atom. The predicted molar refractivity (Wildman–Crippen MR) is 81.7 cm³/mol. The van der Waals surface area contributed by atoms with Crippen molar-refractivity contribution in [3.63, 3.8) is 0 Å². The van der Waals surface area contributed by atoms with E-state index in [1.807, 2.05) is 0 Å². The number of methoxy groups -OCH3 is 1. The SMILES string of the molecule is COc1cccc(C(=O)Nc2c(C(N)=S)cnn2C)c1O. The molecule has 21 heavy (non-hydrogen) atoms. The number of hydrogen-bond acceptors (Lipinski definition) is 5. The van der Waals surface area contributed by atoms with Crippen LogP contribution < -0.4 is 15.8 Å². The zero-order valence-corrected chi connectivity index (χ0v) is 12.3. The maximum atomic E-state index is 12.3. The molecule has 110 valence electrons. The molecule has 4 N–H and O–H groups in total. The largest absolute Gasteiger partial charge is 0.504 e. The average molecular weight is 306 g/mol. The maximum Gasteiger partial charge on any atom is 0.260 e. The summed E-state index contributed by atoms with van der Waals surface area (Å²) in [4.78, 5) is 12.4. The number of nitrogens with two attached hydrogens (primary N) is 1. The van der Waals surface area contributed by atoms with Crippen molar-refractivity contribution in [2.75, 3.05) is 12.4 Å². The second-order valence-electron chi connectivity index (χ2n) is 4.21. The van der Waals surface area contributed by atoms with Crippen LogP contribution in [0.3, 0.4) is 0 Å². The smallest absolute Gasteiger partial charge is 0.260 e. The molecule has 1 heterocycles. The molecule has 0 fully saturated rings. The summed E-state index contributed by atoms with van der Waals surface area (Å²) in [6, 6.07) is 4.63. The zero-order valence-electron chi connectivity index (χ0n) is 11.5. The van der Waals surface area contributed by atoms with Gasteiger partial charge < -0.3 is 20.9 Å². The van der Waals surface area contributed by atoms with Gasteiger partial charge in [0, 0.05) is 7.05 Å². The Kier molecular flexibility index (Phi) is 4.08. The van der Waals surface area contributed by atoms with E-state index in [9.17, 15) is 9.90 Å². The van der Waals surface area contributed by atoms with E-state index in [0.717, 1.165) is 0 Å². The van der Waals surface area contributed by atoms with Crippen molar-refractivity contribution < 1.29 is 14.6 Å². The molecule has 0 saturated heterocycles. The Morgan fingerprint density at radius 3 is 2.81 bits per heavy atom. The number of nitrogens with one attached hydrogen (secondary N) is 1. The molecule has 8 heteroatoms. The van der Waals surface area contributed by atoms with Crippen molar-refractivity contribution in [2.45, 2.75) is 0 Å². The number of aromatic nitrogens is 2. The standard InChI is InChI=1S/C13H14N4O3S/c1-17-12(8(6-15-17)11(14)21)16-13(19)7-4-3-5-9(20-2)10(7)18/h3-6,18H,1-2H3,(H2,14,21)(H,16,19). The number of carbonyl (C=O) groups is 1. The van der Waals surface area contributed by atoms with Crippen LogP contribution in [0.2, 0.25) is 0 Å². The molecule has 0 bridgehead atoms. The van der Waals surface area contributed by atoms with Crippen LogP contribution >= 0.6 is 12.2 Å². The van der Waals surface area contributed by atoms with Gasteiger partial charge in [-0.2, -0.15) is 5.10 Å². The molecule has 1 aromatic heterocycles. The molecule has 0 aliphatic carbocycles. The lowest BCUT2D eigenvalue weighted by molar-refractivity contribution is 0.102. The lowest BCUT2D eigenvalue weighted by Gasteiger charge is -2.10. The summed E-state index contributed by atoms with van der Waals surface area (Å²) < 4.78 is 6.40. The molecule has 0 aliphatic heterocycles. The highest BCUT2D eigenvalue weighted by atomic mass is 32.1. The number of para-hydroxylation sites is 1. The molecule has 7 nitrogen and oxygen atoms in total. The number of ether oxygens (including phenoxy) is 1. The number of phenols is 1. The minimum Gasteiger partial charge on any atom is -0.504 e. The monoisotopic (exact) mass is 306 g/mol. The van der Waals surface area contributed by atoms with Gasteiger partial charge in [0.25, 0.3) is 5.91 Å². The van der Waals surface area contributed by atoms with Crippen LogP contribution in [0.5, 0.6) is 11.5 Å². The molecule has 0 saturated carbocycles. The van der Waals surface area contributed by atoms with Crippen molar-refractivity contribution in [1.82, 2.24) is 9.78 Å². The van der Waals surface area contributed by atoms with Crippen molar-refractivity contribution in [3.8, 4) is 11.5 Å². The molecule has 2 rings (SSSR count). The average Bonchev–Trinajstić information content (AvgIpc) is 2.80. The number of aromatic hydroxyl groups is 1. The number of anilines is 1. The van der Waals surface area contributed by atoms with Crippen LogP contribution in [0.1, 0.15) is 15.9 Å². The number of amides is 1. The van der Waals surface area contributed by atoms with Gasteiger partial charge in [-0.15, -0.1) is 0 Å². The Bertz CT molecular complexity index is 711. The maximum absolute atomic E-state index is 12.3. The summed E-state index contributed by atoms with van der Waals surface area (Å²) in [6.45, 7) is 0. The number of benzene rings is 1. The highest BCUT2D eigenvalue weighted by Crippen LogP contribution is 2.30. The Labute approximate surface area is 126 Å². The van der Waals surface area contributed by atoms with Gasteiger partial charge in [0.05, 0.1) is 24.4 Å². The molecule has 2 aromatic rings.